The van der Waals surface area contributed by atoms with Crippen molar-refractivity contribution in [3.05, 3.63) is 116 Å². The summed E-state index contributed by atoms with van der Waals surface area (Å²) in [5.74, 6) is -1.51. The molecule has 0 unspecified atom stereocenters. The molecule has 0 saturated carbocycles. The van der Waals surface area contributed by atoms with Gasteiger partial charge in [-0.1, -0.05) is 29.4 Å². The molecule has 0 atom stereocenters. The van der Waals surface area contributed by atoms with Gasteiger partial charge in [-0.3, -0.25) is 25.0 Å². The summed E-state index contributed by atoms with van der Waals surface area (Å²) in [5, 5.41) is 13.5. The maximum Gasteiger partial charge on any atom is 0.335 e. The standard InChI is InChI=1S/C30H23ClN4O5S/c1-17-4-5-23(16-27(17)31)34-29(37)26(28(36)32-30(34)38)15-20-14-18(2)33(19(20)3)21-6-10-24(11-7-21)41-25-12-8-22(9-13-25)35(39)40/h4-16H,1-3H3,(H,32,36,38)/b26-15-. The Bertz CT molecular complexity index is 1760. The smallest absolute Gasteiger partial charge is 0.318 e. The number of nitro benzene ring substituents is 1. The Labute approximate surface area is 244 Å². The number of nitro groups is 1. The van der Waals surface area contributed by atoms with Crippen LogP contribution in [0.5, 0.6) is 0 Å². The summed E-state index contributed by atoms with van der Waals surface area (Å²) < 4.78 is 2.00. The Morgan fingerprint density at radius 1 is 0.878 bits per heavy atom. The van der Waals surface area contributed by atoms with E-state index in [9.17, 15) is 24.5 Å². The minimum atomic E-state index is -0.839. The minimum Gasteiger partial charge on any atom is -0.318 e. The molecule has 3 aromatic carbocycles. The highest BCUT2D eigenvalue weighted by Gasteiger charge is 2.37. The normalized spacial score (nSPS) is 14.5. The minimum absolute atomic E-state index is 0.0419. The third-order valence-corrected chi connectivity index (χ3v) is 8.09. The maximum absolute atomic E-state index is 13.4. The monoisotopic (exact) mass is 586 g/mol. The van der Waals surface area contributed by atoms with Crippen molar-refractivity contribution in [2.75, 3.05) is 4.90 Å². The molecule has 0 aliphatic carbocycles. The molecule has 9 nitrogen and oxygen atoms in total. The molecule has 0 radical (unpaired) electrons. The van der Waals surface area contributed by atoms with Crippen LogP contribution in [0.2, 0.25) is 5.02 Å². The number of anilines is 1. The van der Waals surface area contributed by atoms with Gasteiger partial charge in [0.15, 0.2) is 0 Å². The Balaban J connectivity index is 1.41. The summed E-state index contributed by atoms with van der Waals surface area (Å²) in [6.07, 6.45) is 1.49. The number of hydrogen-bond acceptors (Lipinski definition) is 6. The number of amides is 4. The average molecular weight is 587 g/mol. The second kappa shape index (κ2) is 11.1. The van der Waals surface area contributed by atoms with Crippen LogP contribution in [-0.2, 0) is 9.59 Å². The summed E-state index contributed by atoms with van der Waals surface area (Å²) >= 11 is 7.70. The molecule has 206 valence electrons. The lowest BCUT2D eigenvalue weighted by atomic mass is 10.1. The van der Waals surface area contributed by atoms with E-state index in [1.54, 1.807) is 31.2 Å². The first-order valence-electron chi connectivity index (χ1n) is 12.4. The molecule has 1 aromatic heterocycles. The number of nitrogens with zero attached hydrogens (tertiary/aromatic N) is 3. The number of carbonyl (C=O) groups is 3. The van der Waals surface area contributed by atoms with Gasteiger partial charge in [-0.2, -0.15) is 0 Å². The second-order valence-electron chi connectivity index (χ2n) is 9.40. The molecule has 1 aliphatic heterocycles. The van der Waals surface area contributed by atoms with Gasteiger partial charge >= 0.3 is 6.03 Å². The van der Waals surface area contributed by atoms with E-state index in [1.165, 1.54) is 36.0 Å². The van der Waals surface area contributed by atoms with Gasteiger partial charge in [0.1, 0.15) is 5.57 Å². The lowest BCUT2D eigenvalue weighted by Crippen LogP contribution is -2.54. The third kappa shape index (κ3) is 5.52. The summed E-state index contributed by atoms with van der Waals surface area (Å²) in [4.78, 5) is 51.8. The van der Waals surface area contributed by atoms with E-state index in [0.717, 1.165) is 37.3 Å². The summed E-state index contributed by atoms with van der Waals surface area (Å²) in [7, 11) is 0. The number of carbonyl (C=O) groups excluding carboxylic acids is 3. The molecule has 4 amide bonds. The Kier molecular flexibility index (Phi) is 7.53. The van der Waals surface area contributed by atoms with E-state index in [0.29, 0.717) is 10.6 Å². The number of rotatable bonds is 6. The zero-order valence-electron chi connectivity index (χ0n) is 22.2. The van der Waals surface area contributed by atoms with Crippen molar-refractivity contribution in [3.8, 4) is 5.69 Å². The molecule has 1 N–H and O–H groups in total. The first-order chi connectivity index (χ1) is 19.5. The first-order valence-corrected chi connectivity index (χ1v) is 13.6. The number of non-ortho nitro benzene ring substituents is 1. The van der Waals surface area contributed by atoms with Crippen molar-refractivity contribution >= 4 is 58.7 Å². The summed E-state index contributed by atoms with van der Waals surface area (Å²) in [5.41, 5.74) is 4.14. The maximum atomic E-state index is 13.4. The quantitative estimate of drug-likeness (QED) is 0.115. The van der Waals surface area contributed by atoms with Gasteiger partial charge in [-0.25, -0.2) is 9.69 Å². The number of aromatic nitrogens is 1. The van der Waals surface area contributed by atoms with E-state index >= 15 is 0 Å². The fourth-order valence-electron chi connectivity index (χ4n) is 4.53. The number of halogens is 1. The van der Waals surface area contributed by atoms with Crippen molar-refractivity contribution in [2.45, 2.75) is 30.6 Å². The predicted octanol–water partition coefficient (Wildman–Crippen LogP) is 6.78. The summed E-state index contributed by atoms with van der Waals surface area (Å²) in [6.45, 7) is 5.61. The Morgan fingerprint density at radius 2 is 1.49 bits per heavy atom. The predicted molar refractivity (Wildman–Crippen MR) is 158 cm³/mol. The number of aryl methyl sites for hydroxylation is 2. The molecular weight excluding hydrogens is 564 g/mol. The molecule has 41 heavy (non-hydrogen) atoms. The van der Waals surface area contributed by atoms with Crippen LogP contribution in [0.4, 0.5) is 16.2 Å². The lowest BCUT2D eigenvalue weighted by Gasteiger charge is -2.26. The molecular formula is C30H23ClN4O5S. The van der Waals surface area contributed by atoms with Gasteiger partial charge < -0.3 is 4.57 Å². The van der Waals surface area contributed by atoms with Crippen LogP contribution in [0, 0.1) is 30.9 Å². The van der Waals surface area contributed by atoms with Crippen LogP contribution >= 0.6 is 23.4 Å². The van der Waals surface area contributed by atoms with E-state index in [-0.39, 0.29) is 16.9 Å². The second-order valence-corrected chi connectivity index (χ2v) is 11.0. The molecule has 1 aliphatic rings. The van der Waals surface area contributed by atoms with E-state index in [1.807, 2.05) is 48.7 Å². The van der Waals surface area contributed by atoms with Crippen LogP contribution in [0.15, 0.2) is 88.2 Å². The number of benzene rings is 3. The van der Waals surface area contributed by atoms with Gasteiger partial charge in [0.2, 0.25) is 0 Å². The molecule has 1 fully saturated rings. The molecule has 4 aromatic rings. The zero-order valence-corrected chi connectivity index (χ0v) is 23.7. The van der Waals surface area contributed by atoms with Crippen molar-refractivity contribution in [1.82, 2.24) is 9.88 Å². The molecule has 5 rings (SSSR count). The van der Waals surface area contributed by atoms with Crippen molar-refractivity contribution < 1.29 is 19.3 Å². The van der Waals surface area contributed by atoms with Crippen molar-refractivity contribution in [3.63, 3.8) is 0 Å². The Hall–Kier alpha value is -4.67. The van der Waals surface area contributed by atoms with Gasteiger partial charge in [0, 0.05) is 44.0 Å². The number of hydrogen-bond donors (Lipinski definition) is 1. The zero-order chi connectivity index (χ0) is 29.4. The SMILES string of the molecule is Cc1ccc(N2C(=O)NC(=O)/C(=C/c3cc(C)n(-c4ccc(Sc5ccc([N+](=O)[O-])cc5)cc4)c3C)C2=O)cc1Cl. The lowest BCUT2D eigenvalue weighted by molar-refractivity contribution is -0.384. The number of nitrogens with one attached hydrogen (secondary N) is 1. The topological polar surface area (TPSA) is 115 Å². The fraction of sp³-hybridized carbons (Fsp3) is 0.100. The van der Waals surface area contributed by atoms with Crippen LogP contribution in [0.25, 0.3) is 11.8 Å². The molecule has 11 heteroatoms. The molecule has 0 bridgehead atoms. The molecule has 1 saturated heterocycles. The third-order valence-electron chi connectivity index (χ3n) is 6.66. The largest absolute Gasteiger partial charge is 0.335 e. The summed E-state index contributed by atoms with van der Waals surface area (Å²) in [6, 6.07) is 20.0. The highest BCUT2D eigenvalue weighted by Crippen LogP contribution is 2.32. The number of urea groups is 1. The van der Waals surface area contributed by atoms with Gasteiger partial charge in [0.25, 0.3) is 17.5 Å². The van der Waals surface area contributed by atoms with E-state index < -0.39 is 22.8 Å². The van der Waals surface area contributed by atoms with Crippen LogP contribution < -0.4 is 10.2 Å². The Morgan fingerprint density at radius 3 is 2.10 bits per heavy atom. The molecule has 0 spiro atoms. The van der Waals surface area contributed by atoms with Crippen molar-refractivity contribution in [1.29, 1.82) is 0 Å². The van der Waals surface area contributed by atoms with Gasteiger partial charge in [-0.15, -0.1) is 0 Å². The highest BCUT2D eigenvalue weighted by molar-refractivity contribution is 7.99. The van der Waals surface area contributed by atoms with Gasteiger partial charge in [0.05, 0.1) is 10.6 Å². The van der Waals surface area contributed by atoms with Crippen molar-refractivity contribution in [2.24, 2.45) is 0 Å². The first kappa shape index (κ1) is 27.9. The number of imide groups is 2. The van der Waals surface area contributed by atoms with Crippen LogP contribution in [0.1, 0.15) is 22.5 Å². The molecule has 2 heterocycles. The van der Waals surface area contributed by atoms with Crippen LogP contribution in [0.3, 0.4) is 0 Å². The number of barbiturate groups is 1. The highest BCUT2D eigenvalue weighted by atomic mass is 35.5. The van der Waals surface area contributed by atoms with E-state index in [2.05, 4.69) is 5.32 Å². The van der Waals surface area contributed by atoms with E-state index in [4.69, 9.17) is 11.6 Å². The van der Waals surface area contributed by atoms with Gasteiger partial charge in [-0.05, 0) is 92.6 Å². The van der Waals surface area contributed by atoms with Crippen LogP contribution in [-0.4, -0.2) is 27.3 Å². The fourth-order valence-corrected chi connectivity index (χ4v) is 5.53. The average Bonchev–Trinajstić information content (AvgIpc) is 3.21.